The van der Waals surface area contributed by atoms with E-state index in [1.54, 1.807) is 18.2 Å². The Labute approximate surface area is 126 Å². The van der Waals surface area contributed by atoms with Gasteiger partial charge in [-0.25, -0.2) is 0 Å². The number of piperidine rings is 1. The molecule has 1 aromatic rings. The number of carbonyl (C=O) groups is 2. The highest BCUT2D eigenvalue weighted by molar-refractivity contribution is 5.97. The first-order valence-electron chi connectivity index (χ1n) is 7.68. The molecule has 1 saturated heterocycles. The van der Waals surface area contributed by atoms with Crippen molar-refractivity contribution in [2.45, 2.75) is 33.1 Å². The first-order chi connectivity index (χ1) is 10.1. The summed E-state index contributed by atoms with van der Waals surface area (Å²) in [5, 5.41) is 6.25. The van der Waals surface area contributed by atoms with Crippen LogP contribution in [0, 0.1) is 11.8 Å². The van der Waals surface area contributed by atoms with Gasteiger partial charge in [-0.2, -0.15) is 0 Å². The third-order valence-electron chi connectivity index (χ3n) is 4.25. The van der Waals surface area contributed by atoms with E-state index >= 15 is 0 Å². The van der Waals surface area contributed by atoms with Crippen molar-refractivity contribution in [3.8, 4) is 0 Å². The van der Waals surface area contributed by atoms with Crippen LogP contribution in [0.4, 0.5) is 5.69 Å². The Hall–Kier alpha value is -1.68. The quantitative estimate of drug-likeness (QED) is 0.819. The lowest BCUT2D eigenvalue weighted by molar-refractivity contribution is -0.117. The molecule has 2 rings (SSSR count). The summed E-state index contributed by atoms with van der Waals surface area (Å²) in [5.74, 6) is 1.06. The van der Waals surface area contributed by atoms with Gasteiger partial charge in [-0.15, -0.1) is 0 Å². The highest BCUT2D eigenvalue weighted by Crippen LogP contribution is 2.24. The van der Waals surface area contributed by atoms with Gasteiger partial charge in [0.05, 0.1) is 0 Å². The molecule has 1 aromatic carbocycles. The van der Waals surface area contributed by atoms with Gasteiger partial charge in [-0.1, -0.05) is 19.1 Å². The lowest BCUT2D eigenvalue weighted by Gasteiger charge is -2.27. The lowest BCUT2D eigenvalue weighted by Crippen LogP contribution is -2.32. The molecule has 1 fully saturated rings. The fraction of sp³-hybridized carbons (Fsp3) is 0.529. The average Bonchev–Trinajstić information content (AvgIpc) is 2.48. The van der Waals surface area contributed by atoms with Crippen LogP contribution in [0.3, 0.4) is 0 Å². The summed E-state index contributed by atoms with van der Waals surface area (Å²) in [7, 11) is 0. The van der Waals surface area contributed by atoms with Crippen molar-refractivity contribution in [1.82, 2.24) is 5.32 Å². The van der Waals surface area contributed by atoms with Gasteiger partial charge in [0.1, 0.15) is 0 Å². The second kappa shape index (κ2) is 7.36. The van der Waals surface area contributed by atoms with E-state index in [1.807, 2.05) is 6.07 Å². The molecule has 0 aromatic heterocycles. The van der Waals surface area contributed by atoms with Crippen LogP contribution >= 0.6 is 0 Å². The molecule has 4 nitrogen and oxygen atoms in total. The molecule has 2 N–H and O–H groups in total. The molecule has 1 unspecified atom stereocenters. The second-order valence-electron chi connectivity index (χ2n) is 5.95. The van der Waals surface area contributed by atoms with E-state index in [1.165, 1.54) is 6.92 Å². The van der Waals surface area contributed by atoms with Gasteiger partial charge in [0, 0.05) is 17.7 Å². The maximum Gasteiger partial charge on any atom is 0.224 e. The molecule has 114 valence electrons. The molecule has 4 heteroatoms. The Morgan fingerprint density at radius 3 is 2.71 bits per heavy atom. The molecule has 1 aliphatic heterocycles. The fourth-order valence-electron chi connectivity index (χ4n) is 2.90. The summed E-state index contributed by atoms with van der Waals surface area (Å²) in [4.78, 5) is 23.5. The van der Waals surface area contributed by atoms with Crippen LogP contribution in [0.15, 0.2) is 24.3 Å². The Balaban J connectivity index is 1.89. The van der Waals surface area contributed by atoms with Crippen molar-refractivity contribution in [3.63, 3.8) is 0 Å². The average molecular weight is 288 g/mol. The van der Waals surface area contributed by atoms with Crippen LogP contribution in [0.25, 0.3) is 0 Å². The monoisotopic (exact) mass is 288 g/mol. The van der Waals surface area contributed by atoms with Gasteiger partial charge in [0.25, 0.3) is 0 Å². The van der Waals surface area contributed by atoms with Gasteiger partial charge in [0.2, 0.25) is 5.91 Å². The Bertz CT molecular complexity index is 507. The normalized spacial score (nSPS) is 17.2. The number of anilines is 1. The first-order valence-corrected chi connectivity index (χ1v) is 7.68. The van der Waals surface area contributed by atoms with E-state index in [9.17, 15) is 9.59 Å². The summed E-state index contributed by atoms with van der Waals surface area (Å²) in [6.07, 6.45) is 2.83. The van der Waals surface area contributed by atoms with Gasteiger partial charge >= 0.3 is 0 Å². The molecule has 1 heterocycles. The minimum atomic E-state index is 0.00849. The van der Waals surface area contributed by atoms with Crippen molar-refractivity contribution in [2.75, 3.05) is 18.4 Å². The van der Waals surface area contributed by atoms with E-state index in [0.29, 0.717) is 29.5 Å². The summed E-state index contributed by atoms with van der Waals surface area (Å²) >= 11 is 0. The Morgan fingerprint density at radius 2 is 2.05 bits per heavy atom. The lowest BCUT2D eigenvalue weighted by atomic mass is 9.84. The minimum Gasteiger partial charge on any atom is -0.326 e. The molecular weight excluding hydrogens is 264 g/mol. The number of benzene rings is 1. The predicted molar refractivity (Wildman–Crippen MR) is 84.5 cm³/mol. The van der Waals surface area contributed by atoms with E-state index < -0.39 is 0 Å². The van der Waals surface area contributed by atoms with E-state index in [2.05, 4.69) is 17.6 Å². The van der Waals surface area contributed by atoms with Crippen molar-refractivity contribution in [3.05, 3.63) is 29.8 Å². The van der Waals surface area contributed by atoms with Crippen molar-refractivity contribution >= 4 is 17.4 Å². The zero-order chi connectivity index (χ0) is 15.2. The largest absolute Gasteiger partial charge is 0.326 e. The number of nitrogens with one attached hydrogen (secondary N) is 2. The molecule has 0 spiro atoms. The summed E-state index contributed by atoms with van der Waals surface area (Å²) in [6, 6.07) is 7.10. The standard InChI is InChI=1S/C17H24N2O2/c1-12(14-6-8-18-9-7-14)10-17(21)19-16-5-3-4-15(11-16)13(2)20/h3-5,11-12,14,18H,6-10H2,1-2H3,(H,19,21). The summed E-state index contributed by atoms with van der Waals surface area (Å²) in [6.45, 7) is 5.79. The topological polar surface area (TPSA) is 58.2 Å². The first kappa shape index (κ1) is 15.7. The van der Waals surface area contributed by atoms with Gasteiger partial charge in [0.15, 0.2) is 5.78 Å². The number of hydrogen-bond donors (Lipinski definition) is 2. The van der Waals surface area contributed by atoms with Crippen LogP contribution in [-0.2, 0) is 4.79 Å². The molecule has 0 aliphatic carbocycles. The van der Waals surface area contributed by atoms with E-state index in [-0.39, 0.29) is 11.7 Å². The summed E-state index contributed by atoms with van der Waals surface area (Å²) in [5.41, 5.74) is 1.32. The molecule has 1 amide bonds. The van der Waals surface area contributed by atoms with Crippen molar-refractivity contribution in [1.29, 1.82) is 0 Å². The molecule has 0 saturated carbocycles. The maximum atomic E-state index is 12.1. The SMILES string of the molecule is CC(=O)c1cccc(NC(=O)CC(C)C2CCNCC2)c1. The van der Waals surface area contributed by atoms with Crippen LogP contribution in [0.1, 0.15) is 43.5 Å². The van der Waals surface area contributed by atoms with Gasteiger partial charge < -0.3 is 10.6 Å². The van der Waals surface area contributed by atoms with Crippen LogP contribution in [0.5, 0.6) is 0 Å². The third kappa shape index (κ3) is 4.67. The Kier molecular flexibility index (Phi) is 5.51. The Morgan fingerprint density at radius 1 is 1.33 bits per heavy atom. The number of hydrogen-bond acceptors (Lipinski definition) is 3. The molecule has 0 bridgehead atoms. The second-order valence-corrected chi connectivity index (χ2v) is 5.95. The van der Waals surface area contributed by atoms with E-state index in [0.717, 1.165) is 25.9 Å². The van der Waals surface area contributed by atoms with E-state index in [4.69, 9.17) is 0 Å². The minimum absolute atomic E-state index is 0.00849. The molecule has 1 atom stereocenters. The number of carbonyl (C=O) groups excluding carboxylic acids is 2. The van der Waals surface area contributed by atoms with Gasteiger partial charge in [-0.05, 0) is 56.8 Å². The molecular formula is C17H24N2O2. The zero-order valence-electron chi connectivity index (χ0n) is 12.8. The number of Topliss-reactive ketones (excluding diaryl/α,β-unsaturated/α-hetero) is 1. The third-order valence-corrected chi connectivity index (χ3v) is 4.25. The number of amides is 1. The smallest absolute Gasteiger partial charge is 0.224 e. The number of rotatable bonds is 5. The fourth-order valence-corrected chi connectivity index (χ4v) is 2.90. The van der Waals surface area contributed by atoms with Crippen LogP contribution in [-0.4, -0.2) is 24.8 Å². The predicted octanol–water partition coefficient (Wildman–Crippen LogP) is 2.85. The van der Waals surface area contributed by atoms with Crippen LogP contribution in [0.2, 0.25) is 0 Å². The number of ketones is 1. The van der Waals surface area contributed by atoms with Crippen LogP contribution < -0.4 is 10.6 Å². The van der Waals surface area contributed by atoms with Crippen molar-refractivity contribution in [2.24, 2.45) is 11.8 Å². The summed E-state index contributed by atoms with van der Waals surface area (Å²) < 4.78 is 0. The zero-order valence-corrected chi connectivity index (χ0v) is 12.8. The highest BCUT2D eigenvalue weighted by Gasteiger charge is 2.22. The highest BCUT2D eigenvalue weighted by atomic mass is 16.1. The molecule has 0 radical (unpaired) electrons. The molecule has 1 aliphatic rings. The maximum absolute atomic E-state index is 12.1. The van der Waals surface area contributed by atoms with Crippen molar-refractivity contribution < 1.29 is 9.59 Å². The molecule has 21 heavy (non-hydrogen) atoms. The van der Waals surface area contributed by atoms with Gasteiger partial charge in [-0.3, -0.25) is 9.59 Å².